The molecule has 2 nitrogen and oxygen atoms in total. The van der Waals surface area contributed by atoms with E-state index in [4.69, 9.17) is 11.6 Å². The Hall–Kier alpha value is -1.65. The van der Waals surface area contributed by atoms with Gasteiger partial charge in [0.05, 0.1) is 0 Å². The first-order valence-corrected chi connectivity index (χ1v) is 6.06. The summed E-state index contributed by atoms with van der Waals surface area (Å²) in [4.78, 5) is 0. The minimum absolute atomic E-state index is 0.102. The van der Waals surface area contributed by atoms with E-state index in [0.29, 0.717) is 29.2 Å². The Bertz CT molecular complexity index is 569. The average molecular weight is 284 g/mol. The van der Waals surface area contributed by atoms with Crippen LogP contribution in [0.5, 0.6) is 5.75 Å². The molecule has 0 bridgehead atoms. The fourth-order valence-corrected chi connectivity index (χ4v) is 1.94. The molecule has 0 radical (unpaired) electrons. The van der Waals surface area contributed by atoms with Gasteiger partial charge in [-0.3, -0.25) is 0 Å². The number of hydrogen-bond acceptors (Lipinski definition) is 2. The largest absolute Gasteiger partial charge is 0.508 e. The third-order valence-corrected chi connectivity index (χ3v) is 3.06. The topological polar surface area (TPSA) is 32.3 Å². The lowest BCUT2D eigenvalue weighted by Crippen LogP contribution is -2.13. The highest BCUT2D eigenvalue weighted by atomic mass is 35.5. The molecule has 0 aliphatic heterocycles. The highest BCUT2D eigenvalue weighted by Crippen LogP contribution is 2.24. The smallest absolute Gasteiger partial charge is 0.159 e. The first-order chi connectivity index (χ1) is 9.08. The number of halogens is 3. The third-order valence-electron chi connectivity index (χ3n) is 2.71. The second kappa shape index (κ2) is 5.99. The van der Waals surface area contributed by atoms with Gasteiger partial charge in [-0.25, -0.2) is 8.78 Å². The Balaban J connectivity index is 1.98. The molecule has 0 spiro atoms. The highest BCUT2D eigenvalue weighted by molar-refractivity contribution is 6.31. The molecule has 0 aromatic heterocycles. The molecule has 0 aliphatic rings. The summed E-state index contributed by atoms with van der Waals surface area (Å²) >= 11 is 5.95. The Kier molecular flexibility index (Phi) is 4.35. The lowest BCUT2D eigenvalue weighted by molar-refractivity contribution is 0.464. The molecular weight excluding hydrogens is 272 g/mol. The Morgan fingerprint density at radius 1 is 1.05 bits per heavy atom. The lowest BCUT2D eigenvalue weighted by Gasteiger charge is -2.09. The van der Waals surface area contributed by atoms with Crippen molar-refractivity contribution in [3.8, 4) is 5.75 Å². The van der Waals surface area contributed by atoms with E-state index in [9.17, 15) is 13.9 Å². The molecule has 5 heteroatoms. The van der Waals surface area contributed by atoms with E-state index in [1.807, 2.05) is 0 Å². The summed E-state index contributed by atoms with van der Waals surface area (Å²) in [6, 6.07) is 8.58. The van der Waals surface area contributed by atoms with Crippen LogP contribution in [-0.2, 0) is 13.1 Å². The van der Waals surface area contributed by atoms with E-state index in [1.54, 1.807) is 18.2 Å². The summed E-state index contributed by atoms with van der Waals surface area (Å²) in [5.41, 5.74) is 1.19. The van der Waals surface area contributed by atoms with Crippen molar-refractivity contribution in [2.75, 3.05) is 0 Å². The lowest BCUT2D eigenvalue weighted by atomic mass is 10.2. The second-order valence-electron chi connectivity index (χ2n) is 4.09. The maximum atomic E-state index is 13.0. The molecule has 0 heterocycles. The molecule has 2 N–H and O–H groups in total. The van der Waals surface area contributed by atoms with Crippen molar-refractivity contribution in [1.29, 1.82) is 0 Å². The predicted molar refractivity (Wildman–Crippen MR) is 70.0 cm³/mol. The molecule has 0 unspecified atom stereocenters. The number of aromatic hydroxyl groups is 1. The zero-order valence-electron chi connectivity index (χ0n) is 9.96. The van der Waals surface area contributed by atoms with Crippen molar-refractivity contribution in [2.24, 2.45) is 0 Å². The van der Waals surface area contributed by atoms with Crippen LogP contribution in [-0.4, -0.2) is 5.11 Å². The molecule has 2 rings (SSSR count). The van der Waals surface area contributed by atoms with Crippen LogP contribution >= 0.6 is 11.6 Å². The van der Waals surface area contributed by atoms with Crippen LogP contribution in [0.15, 0.2) is 36.4 Å². The maximum absolute atomic E-state index is 13.0. The average Bonchev–Trinajstić information content (AvgIpc) is 2.37. The summed E-state index contributed by atoms with van der Waals surface area (Å²) in [5, 5.41) is 13.1. The van der Waals surface area contributed by atoms with Gasteiger partial charge in [0.15, 0.2) is 11.6 Å². The number of phenolic OH excluding ortho intramolecular Hbond substituents is 1. The molecule has 0 fully saturated rings. The van der Waals surface area contributed by atoms with Crippen LogP contribution in [0, 0.1) is 11.6 Å². The minimum atomic E-state index is -0.875. The summed E-state index contributed by atoms with van der Waals surface area (Å²) < 4.78 is 25.7. The van der Waals surface area contributed by atoms with Crippen LogP contribution in [0.3, 0.4) is 0 Å². The number of nitrogens with one attached hydrogen (secondary N) is 1. The van der Waals surface area contributed by atoms with Crippen molar-refractivity contribution >= 4 is 11.6 Å². The van der Waals surface area contributed by atoms with Gasteiger partial charge in [-0.2, -0.15) is 0 Å². The quantitative estimate of drug-likeness (QED) is 0.898. The fraction of sp³-hybridized carbons (Fsp3) is 0.143. The third kappa shape index (κ3) is 3.43. The molecular formula is C14H12ClF2NO. The van der Waals surface area contributed by atoms with Crippen molar-refractivity contribution < 1.29 is 13.9 Å². The Labute approximate surface area is 114 Å². The fourth-order valence-electron chi connectivity index (χ4n) is 1.70. The van der Waals surface area contributed by atoms with Gasteiger partial charge in [0.1, 0.15) is 5.75 Å². The zero-order chi connectivity index (χ0) is 13.8. The maximum Gasteiger partial charge on any atom is 0.159 e. The Morgan fingerprint density at radius 2 is 1.84 bits per heavy atom. The standard InChI is InChI=1S/C14H12ClF2NO/c15-11-2-1-3-14(19)10(11)8-18-7-9-4-5-12(16)13(17)6-9/h1-6,18-19H,7-8H2. The summed E-state index contributed by atoms with van der Waals surface area (Å²) in [6.07, 6.45) is 0. The van der Waals surface area contributed by atoms with E-state index >= 15 is 0 Å². The zero-order valence-corrected chi connectivity index (χ0v) is 10.7. The van der Waals surface area contributed by atoms with Gasteiger partial charge in [0.2, 0.25) is 0 Å². The number of hydrogen-bond donors (Lipinski definition) is 2. The van der Waals surface area contributed by atoms with Gasteiger partial charge in [0, 0.05) is 23.7 Å². The van der Waals surface area contributed by atoms with Crippen LogP contribution < -0.4 is 5.32 Å². The van der Waals surface area contributed by atoms with E-state index in [0.717, 1.165) is 12.1 Å². The number of rotatable bonds is 4. The highest BCUT2D eigenvalue weighted by Gasteiger charge is 2.06. The molecule has 0 saturated heterocycles. The van der Waals surface area contributed by atoms with E-state index < -0.39 is 11.6 Å². The van der Waals surface area contributed by atoms with Crippen LogP contribution in [0.2, 0.25) is 5.02 Å². The van der Waals surface area contributed by atoms with Crippen LogP contribution in [0.1, 0.15) is 11.1 Å². The normalized spacial score (nSPS) is 10.7. The van der Waals surface area contributed by atoms with Gasteiger partial charge < -0.3 is 10.4 Å². The SMILES string of the molecule is Oc1cccc(Cl)c1CNCc1ccc(F)c(F)c1. The first-order valence-electron chi connectivity index (χ1n) is 5.69. The molecule has 0 atom stereocenters. The van der Waals surface area contributed by atoms with Gasteiger partial charge >= 0.3 is 0 Å². The summed E-state index contributed by atoms with van der Waals surface area (Å²) in [7, 11) is 0. The van der Waals surface area contributed by atoms with Crippen LogP contribution in [0.4, 0.5) is 8.78 Å². The Morgan fingerprint density at radius 3 is 2.53 bits per heavy atom. The molecule has 0 amide bonds. The summed E-state index contributed by atoms with van der Waals surface area (Å²) in [5.74, 6) is -1.64. The number of phenols is 1. The van der Waals surface area contributed by atoms with Crippen molar-refractivity contribution in [3.05, 3.63) is 64.2 Å². The molecule has 0 saturated carbocycles. The van der Waals surface area contributed by atoms with Gasteiger partial charge in [0.25, 0.3) is 0 Å². The first kappa shape index (κ1) is 13.8. The minimum Gasteiger partial charge on any atom is -0.508 e. The monoisotopic (exact) mass is 283 g/mol. The predicted octanol–water partition coefficient (Wildman–Crippen LogP) is 3.61. The van der Waals surface area contributed by atoms with Gasteiger partial charge in [-0.1, -0.05) is 23.7 Å². The second-order valence-corrected chi connectivity index (χ2v) is 4.50. The molecule has 19 heavy (non-hydrogen) atoms. The van der Waals surface area contributed by atoms with Crippen molar-refractivity contribution in [3.63, 3.8) is 0 Å². The van der Waals surface area contributed by atoms with E-state index in [-0.39, 0.29) is 5.75 Å². The van der Waals surface area contributed by atoms with E-state index in [2.05, 4.69) is 5.32 Å². The summed E-state index contributed by atoms with van der Waals surface area (Å²) in [6.45, 7) is 0.687. The van der Waals surface area contributed by atoms with Gasteiger partial charge in [-0.05, 0) is 29.8 Å². The molecule has 2 aromatic rings. The van der Waals surface area contributed by atoms with Crippen LogP contribution in [0.25, 0.3) is 0 Å². The molecule has 100 valence electrons. The number of benzene rings is 2. The van der Waals surface area contributed by atoms with Crippen molar-refractivity contribution in [1.82, 2.24) is 5.32 Å². The van der Waals surface area contributed by atoms with E-state index in [1.165, 1.54) is 6.07 Å². The van der Waals surface area contributed by atoms with Crippen molar-refractivity contribution in [2.45, 2.75) is 13.1 Å². The molecule has 2 aromatic carbocycles. The molecule has 0 aliphatic carbocycles. The van der Waals surface area contributed by atoms with Gasteiger partial charge in [-0.15, -0.1) is 0 Å².